The summed E-state index contributed by atoms with van der Waals surface area (Å²) in [5.74, 6) is -0.121. The molecule has 100 valence electrons. The largest absolute Gasteiger partial charge is 0.351 e. The zero-order chi connectivity index (χ0) is 13.8. The molecule has 2 aromatic heterocycles. The fourth-order valence-electron chi connectivity index (χ4n) is 1.70. The van der Waals surface area contributed by atoms with Gasteiger partial charge in [-0.25, -0.2) is 9.97 Å². The Kier molecular flexibility index (Phi) is 4.50. The van der Waals surface area contributed by atoms with Gasteiger partial charge in [-0.2, -0.15) is 0 Å². The van der Waals surface area contributed by atoms with Crippen LogP contribution in [0.3, 0.4) is 0 Å². The third-order valence-electron chi connectivity index (χ3n) is 2.72. The van der Waals surface area contributed by atoms with Gasteiger partial charge >= 0.3 is 0 Å². The molecule has 1 atom stereocenters. The first-order chi connectivity index (χ1) is 9.13. The Morgan fingerprint density at radius 3 is 3.05 bits per heavy atom. The summed E-state index contributed by atoms with van der Waals surface area (Å²) in [6, 6.07) is 3.77. The van der Waals surface area contributed by atoms with Gasteiger partial charge in [0.1, 0.15) is 15.9 Å². The number of hydrogen-bond acceptors (Lipinski definition) is 4. The molecule has 2 rings (SSSR count). The summed E-state index contributed by atoms with van der Waals surface area (Å²) >= 11 is 7.53. The molecular formula is C13H14ClN3OS. The lowest BCUT2D eigenvalue weighted by Crippen LogP contribution is -2.23. The quantitative estimate of drug-likeness (QED) is 0.882. The van der Waals surface area contributed by atoms with E-state index in [1.807, 2.05) is 26.0 Å². The van der Waals surface area contributed by atoms with Gasteiger partial charge in [-0.05, 0) is 18.6 Å². The molecule has 0 radical (unpaired) electrons. The average molecular weight is 296 g/mol. The summed E-state index contributed by atoms with van der Waals surface area (Å²) in [5, 5.41) is 5.83. The molecule has 2 heterocycles. The molecule has 0 aliphatic heterocycles. The number of nitrogens with one attached hydrogen (secondary N) is 1. The Bertz CT molecular complexity index is 585. The van der Waals surface area contributed by atoms with Gasteiger partial charge < -0.3 is 5.32 Å². The van der Waals surface area contributed by atoms with E-state index in [2.05, 4.69) is 15.3 Å². The number of aromatic nitrogens is 2. The van der Waals surface area contributed by atoms with E-state index in [4.69, 9.17) is 11.6 Å². The van der Waals surface area contributed by atoms with Gasteiger partial charge in [0.05, 0.1) is 0 Å². The van der Waals surface area contributed by atoms with Crippen LogP contribution in [0.4, 0.5) is 0 Å². The van der Waals surface area contributed by atoms with Crippen molar-refractivity contribution in [2.45, 2.75) is 19.8 Å². The molecule has 0 fully saturated rings. The van der Waals surface area contributed by atoms with Crippen LogP contribution in [0.15, 0.2) is 23.7 Å². The molecular weight excluding hydrogens is 282 g/mol. The summed E-state index contributed by atoms with van der Waals surface area (Å²) in [4.78, 5) is 20.1. The second kappa shape index (κ2) is 6.12. The Morgan fingerprint density at radius 1 is 1.58 bits per heavy atom. The fraction of sp³-hybridized carbons (Fsp3) is 0.308. The number of carbonyl (C=O) groups is 1. The van der Waals surface area contributed by atoms with E-state index < -0.39 is 0 Å². The maximum absolute atomic E-state index is 11.7. The van der Waals surface area contributed by atoms with Gasteiger partial charge in [0.25, 0.3) is 5.91 Å². The number of thiazole rings is 1. The van der Waals surface area contributed by atoms with E-state index in [9.17, 15) is 4.79 Å². The van der Waals surface area contributed by atoms with Crippen LogP contribution in [0.5, 0.6) is 0 Å². The van der Waals surface area contributed by atoms with Gasteiger partial charge in [0.15, 0.2) is 0 Å². The highest BCUT2D eigenvalue weighted by atomic mass is 35.5. The Hall–Kier alpha value is -1.46. The molecule has 1 amide bonds. The number of amides is 1. The summed E-state index contributed by atoms with van der Waals surface area (Å²) in [7, 11) is 0. The lowest BCUT2D eigenvalue weighted by atomic mass is 10.0. The lowest BCUT2D eigenvalue weighted by molar-refractivity contribution is 0.0951. The summed E-state index contributed by atoms with van der Waals surface area (Å²) in [5.41, 5.74) is 1.37. The van der Waals surface area contributed by atoms with Crippen molar-refractivity contribution >= 4 is 28.8 Å². The molecule has 4 nitrogen and oxygen atoms in total. The molecule has 0 aliphatic carbocycles. The number of hydrogen-bond donors (Lipinski definition) is 1. The molecule has 0 saturated heterocycles. The minimum absolute atomic E-state index is 0.0226. The summed E-state index contributed by atoms with van der Waals surface area (Å²) < 4.78 is 0. The van der Waals surface area contributed by atoms with E-state index in [1.165, 1.54) is 11.3 Å². The average Bonchev–Trinajstić information content (AvgIpc) is 2.88. The number of halogens is 1. The smallest absolute Gasteiger partial charge is 0.270 e. The normalized spacial score (nSPS) is 12.2. The van der Waals surface area contributed by atoms with Crippen molar-refractivity contribution < 1.29 is 4.79 Å². The van der Waals surface area contributed by atoms with Crippen LogP contribution in [0.2, 0.25) is 5.15 Å². The Labute approximate surface area is 120 Å². The second-order valence-corrected chi connectivity index (χ2v) is 5.28. The first-order valence-electron chi connectivity index (χ1n) is 5.97. The molecule has 0 bridgehead atoms. The fourth-order valence-corrected chi connectivity index (χ4v) is 2.85. The minimum Gasteiger partial charge on any atom is -0.351 e. The Morgan fingerprint density at radius 2 is 2.37 bits per heavy atom. The van der Waals surface area contributed by atoms with Gasteiger partial charge in [0.2, 0.25) is 0 Å². The van der Waals surface area contributed by atoms with Crippen LogP contribution >= 0.6 is 22.9 Å². The minimum atomic E-state index is -0.144. The van der Waals surface area contributed by atoms with Crippen molar-refractivity contribution in [2.24, 2.45) is 0 Å². The standard InChI is InChI=1S/C13H14ClN3OS/c1-3-15-12(18)10-7-19-13(17-10)8(2)9-5-4-6-16-11(9)14/h4-8H,3H2,1-2H3,(H,15,18). The van der Waals surface area contributed by atoms with Gasteiger partial charge in [0, 0.05) is 24.0 Å². The molecule has 0 saturated carbocycles. The highest BCUT2D eigenvalue weighted by Crippen LogP contribution is 2.30. The zero-order valence-corrected chi connectivity index (χ0v) is 12.3. The molecule has 19 heavy (non-hydrogen) atoms. The number of carbonyl (C=O) groups excluding carboxylic acids is 1. The molecule has 1 N–H and O–H groups in total. The molecule has 6 heteroatoms. The van der Waals surface area contributed by atoms with Crippen LogP contribution in [0.25, 0.3) is 0 Å². The van der Waals surface area contributed by atoms with Gasteiger partial charge in [-0.3, -0.25) is 4.79 Å². The summed E-state index contributed by atoms with van der Waals surface area (Å²) in [6.07, 6.45) is 1.65. The third kappa shape index (κ3) is 3.11. The Balaban J connectivity index is 2.23. The predicted octanol–water partition coefficient (Wildman–Crippen LogP) is 3.09. The predicted molar refractivity (Wildman–Crippen MR) is 76.9 cm³/mol. The van der Waals surface area contributed by atoms with Gasteiger partial charge in [-0.15, -0.1) is 11.3 Å². The number of rotatable bonds is 4. The topological polar surface area (TPSA) is 54.9 Å². The van der Waals surface area contributed by atoms with E-state index in [-0.39, 0.29) is 11.8 Å². The van der Waals surface area contributed by atoms with Crippen LogP contribution < -0.4 is 5.32 Å². The highest BCUT2D eigenvalue weighted by Gasteiger charge is 2.18. The number of pyridine rings is 1. The highest BCUT2D eigenvalue weighted by molar-refractivity contribution is 7.10. The third-order valence-corrected chi connectivity index (χ3v) is 4.06. The van der Waals surface area contributed by atoms with Crippen molar-refractivity contribution in [1.82, 2.24) is 15.3 Å². The zero-order valence-electron chi connectivity index (χ0n) is 10.7. The van der Waals surface area contributed by atoms with Crippen molar-refractivity contribution in [3.8, 4) is 0 Å². The molecule has 2 aromatic rings. The molecule has 0 spiro atoms. The lowest BCUT2D eigenvalue weighted by Gasteiger charge is -2.09. The molecule has 0 aromatic carbocycles. The van der Waals surface area contributed by atoms with Gasteiger partial charge in [-0.1, -0.05) is 24.6 Å². The maximum atomic E-state index is 11.7. The first kappa shape index (κ1) is 14.0. The molecule has 0 aliphatic rings. The second-order valence-electron chi connectivity index (χ2n) is 4.04. The number of nitrogens with zero attached hydrogens (tertiary/aromatic N) is 2. The SMILES string of the molecule is CCNC(=O)c1csc(C(C)c2cccnc2Cl)n1. The monoisotopic (exact) mass is 295 g/mol. The van der Waals surface area contributed by atoms with E-state index in [0.717, 1.165) is 10.6 Å². The van der Waals surface area contributed by atoms with Crippen LogP contribution in [-0.2, 0) is 0 Å². The van der Waals surface area contributed by atoms with Crippen LogP contribution in [0.1, 0.15) is 40.8 Å². The first-order valence-corrected chi connectivity index (χ1v) is 7.23. The summed E-state index contributed by atoms with van der Waals surface area (Å²) in [6.45, 7) is 4.47. The van der Waals surface area contributed by atoms with Crippen LogP contribution in [-0.4, -0.2) is 22.4 Å². The van der Waals surface area contributed by atoms with E-state index in [0.29, 0.717) is 17.4 Å². The van der Waals surface area contributed by atoms with E-state index >= 15 is 0 Å². The van der Waals surface area contributed by atoms with Crippen molar-refractivity contribution in [1.29, 1.82) is 0 Å². The molecule has 1 unspecified atom stereocenters. The van der Waals surface area contributed by atoms with Crippen molar-refractivity contribution in [2.75, 3.05) is 6.54 Å². The van der Waals surface area contributed by atoms with Crippen molar-refractivity contribution in [3.63, 3.8) is 0 Å². The van der Waals surface area contributed by atoms with Crippen molar-refractivity contribution in [3.05, 3.63) is 45.1 Å². The maximum Gasteiger partial charge on any atom is 0.270 e. The van der Waals surface area contributed by atoms with Crippen LogP contribution in [0, 0.1) is 0 Å². The van der Waals surface area contributed by atoms with E-state index in [1.54, 1.807) is 11.6 Å².